The van der Waals surface area contributed by atoms with Gasteiger partial charge < -0.3 is 9.84 Å². The summed E-state index contributed by atoms with van der Waals surface area (Å²) in [7, 11) is 0. The second-order valence-corrected chi connectivity index (χ2v) is 4.42. The molecule has 0 bridgehead atoms. The lowest BCUT2D eigenvalue weighted by atomic mass is 10.1. The zero-order chi connectivity index (χ0) is 13.8. The average Bonchev–Trinajstić information content (AvgIpc) is 2.80. The summed E-state index contributed by atoms with van der Waals surface area (Å²) < 4.78 is 5.07. The molecule has 1 aromatic heterocycles. The van der Waals surface area contributed by atoms with E-state index >= 15 is 0 Å². The van der Waals surface area contributed by atoms with Crippen LogP contribution in [0.25, 0.3) is 0 Å². The summed E-state index contributed by atoms with van der Waals surface area (Å²) in [6.45, 7) is 5.80. The quantitative estimate of drug-likeness (QED) is 0.914. The molecule has 100 valence electrons. The fraction of sp³-hybridized carbons (Fsp3) is 0.333. The number of anilines is 1. The van der Waals surface area contributed by atoms with Gasteiger partial charge in [0.15, 0.2) is 0 Å². The Morgan fingerprint density at radius 1 is 1.21 bits per heavy atom. The summed E-state index contributed by atoms with van der Waals surface area (Å²) in [5, 5.41) is 6.76. The van der Waals surface area contributed by atoms with Gasteiger partial charge in [0.25, 0.3) is 5.91 Å². The molecule has 0 spiro atoms. The van der Waals surface area contributed by atoms with Crippen LogP contribution < -0.4 is 5.32 Å². The number of carbonyl (C=O) groups is 1. The number of aromatic nitrogens is 1. The predicted molar refractivity (Wildman–Crippen MR) is 74.4 cm³/mol. The third-order valence-electron chi connectivity index (χ3n) is 3.12. The number of nitrogens with one attached hydrogen (secondary N) is 1. The molecule has 0 saturated heterocycles. The minimum Gasteiger partial charge on any atom is -0.361 e. The lowest BCUT2D eigenvalue weighted by molar-refractivity contribution is 0.102. The van der Waals surface area contributed by atoms with E-state index in [9.17, 15) is 4.79 Å². The highest BCUT2D eigenvalue weighted by molar-refractivity contribution is 6.05. The van der Waals surface area contributed by atoms with E-state index in [-0.39, 0.29) is 5.91 Å². The third-order valence-corrected chi connectivity index (χ3v) is 3.12. The first-order valence-corrected chi connectivity index (χ1v) is 6.51. The molecule has 0 aliphatic carbocycles. The molecule has 1 heterocycles. The highest BCUT2D eigenvalue weighted by Crippen LogP contribution is 2.17. The second-order valence-electron chi connectivity index (χ2n) is 4.42. The van der Waals surface area contributed by atoms with E-state index in [2.05, 4.69) is 17.4 Å². The molecule has 2 aromatic rings. The molecule has 4 nitrogen and oxygen atoms in total. The molecule has 1 aromatic carbocycles. The monoisotopic (exact) mass is 258 g/mol. The molecular weight excluding hydrogens is 240 g/mol. The van der Waals surface area contributed by atoms with Gasteiger partial charge in [-0.2, -0.15) is 0 Å². The Morgan fingerprint density at radius 2 is 1.89 bits per heavy atom. The lowest BCUT2D eigenvalue weighted by Gasteiger charge is -2.06. The van der Waals surface area contributed by atoms with Crippen molar-refractivity contribution in [2.24, 2.45) is 0 Å². The van der Waals surface area contributed by atoms with E-state index in [1.807, 2.05) is 31.2 Å². The highest BCUT2D eigenvalue weighted by Gasteiger charge is 2.18. The Labute approximate surface area is 112 Å². The van der Waals surface area contributed by atoms with Crippen LogP contribution in [0.5, 0.6) is 0 Å². The minimum absolute atomic E-state index is 0.167. The van der Waals surface area contributed by atoms with Crippen LogP contribution in [0.15, 0.2) is 28.8 Å². The molecule has 0 atom stereocenters. The number of rotatable bonds is 4. The van der Waals surface area contributed by atoms with Crippen LogP contribution in [-0.2, 0) is 12.8 Å². The first kappa shape index (κ1) is 13.3. The van der Waals surface area contributed by atoms with Crippen molar-refractivity contribution in [2.45, 2.75) is 33.6 Å². The van der Waals surface area contributed by atoms with Crippen molar-refractivity contribution in [3.8, 4) is 0 Å². The summed E-state index contributed by atoms with van der Waals surface area (Å²) in [6.07, 6.45) is 1.66. The summed E-state index contributed by atoms with van der Waals surface area (Å²) >= 11 is 0. The van der Waals surface area contributed by atoms with E-state index in [4.69, 9.17) is 4.52 Å². The van der Waals surface area contributed by atoms with Gasteiger partial charge >= 0.3 is 0 Å². The normalized spacial score (nSPS) is 10.5. The molecule has 0 saturated carbocycles. The number of carbonyl (C=O) groups excluding carboxylic acids is 1. The van der Waals surface area contributed by atoms with Crippen LogP contribution in [0, 0.1) is 6.92 Å². The van der Waals surface area contributed by atoms with Crippen molar-refractivity contribution in [3.05, 3.63) is 46.8 Å². The van der Waals surface area contributed by atoms with Gasteiger partial charge in [0.1, 0.15) is 11.3 Å². The SMILES string of the molecule is CCc1ccc(NC(=O)c2c(CC)noc2C)cc1. The number of benzene rings is 1. The molecule has 0 unspecified atom stereocenters. The number of amides is 1. The van der Waals surface area contributed by atoms with Crippen LogP contribution in [0.2, 0.25) is 0 Å². The van der Waals surface area contributed by atoms with Crippen molar-refractivity contribution in [1.29, 1.82) is 0 Å². The minimum atomic E-state index is -0.167. The first-order valence-electron chi connectivity index (χ1n) is 6.51. The van der Waals surface area contributed by atoms with Crippen LogP contribution in [0.3, 0.4) is 0 Å². The lowest BCUT2D eigenvalue weighted by Crippen LogP contribution is -2.14. The van der Waals surface area contributed by atoms with E-state index in [1.54, 1.807) is 6.92 Å². The van der Waals surface area contributed by atoms with Crippen LogP contribution >= 0.6 is 0 Å². The van der Waals surface area contributed by atoms with Gasteiger partial charge in [-0.25, -0.2) is 0 Å². The molecule has 2 rings (SSSR count). The number of hydrogen-bond donors (Lipinski definition) is 1. The molecule has 19 heavy (non-hydrogen) atoms. The van der Waals surface area contributed by atoms with Gasteiger partial charge in [-0.3, -0.25) is 4.79 Å². The standard InChI is InChI=1S/C15H18N2O2/c1-4-11-6-8-12(9-7-11)16-15(18)14-10(3)19-17-13(14)5-2/h6-9H,4-5H2,1-3H3,(H,16,18). The maximum atomic E-state index is 12.2. The Hall–Kier alpha value is -2.10. The predicted octanol–water partition coefficient (Wildman–Crippen LogP) is 3.36. The number of nitrogens with zero attached hydrogens (tertiary/aromatic N) is 1. The number of aryl methyl sites for hydroxylation is 3. The Bertz CT molecular complexity index is 570. The summed E-state index contributed by atoms with van der Waals surface area (Å²) in [4.78, 5) is 12.2. The fourth-order valence-electron chi connectivity index (χ4n) is 1.97. The average molecular weight is 258 g/mol. The van der Waals surface area contributed by atoms with Crippen molar-refractivity contribution in [3.63, 3.8) is 0 Å². The van der Waals surface area contributed by atoms with Crippen LogP contribution in [-0.4, -0.2) is 11.1 Å². The largest absolute Gasteiger partial charge is 0.361 e. The summed E-state index contributed by atoms with van der Waals surface area (Å²) in [5.41, 5.74) is 3.26. The zero-order valence-electron chi connectivity index (χ0n) is 11.5. The van der Waals surface area contributed by atoms with Crippen molar-refractivity contribution in [2.75, 3.05) is 5.32 Å². The van der Waals surface area contributed by atoms with Gasteiger partial charge in [-0.05, 0) is 37.5 Å². The van der Waals surface area contributed by atoms with Crippen molar-refractivity contribution in [1.82, 2.24) is 5.16 Å². The van der Waals surface area contributed by atoms with Gasteiger partial charge in [0, 0.05) is 5.69 Å². The zero-order valence-corrected chi connectivity index (χ0v) is 11.5. The van der Waals surface area contributed by atoms with E-state index in [0.29, 0.717) is 23.4 Å². The maximum absolute atomic E-state index is 12.2. The van der Waals surface area contributed by atoms with Gasteiger partial charge in [0.2, 0.25) is 0 Å². The number of hydrogen-bond acceptors (Lipinski definition) is 3. The third kappa shape index (κ3) is 2.84. The molecule has 1 amide bonds. The molecule has 0 aliphatic rings. The second kappa shape index (κ2) is 5.69. The van der Waals surface area contributed by atoms with Gasteiger partial charge in [-0.1, -0.05) is 31.1 Å². The molecule has 0 aliphatic heterocycles. The molecule has 1 N–H and O–H groups in total. The van der Waals surface area contributed by atoms with E-state index < -0.39 is 0 Å². The van der Waals surface area contributed by atoms with Crippen molar-refractivity contribution < 1.29 is 9.32 Å². The topological polar surface area (TPSA) is 55.1 Å². The van der Waals surface area contributed by atoms with Gasteiger partial charge in [0.05, 0.1) is 5.69 Å². The molecule has 0 radical (unpaired) electrons. The summed E-state index contributed by atoms with van der Waals surface area (Å²) in [5.74, 6) is 0.388. The van der Waals surface area contributed by atoms with E-state index in [1.165, 1.54) is 5.56 Å². The maximum Gasteiger partial charge on any atom is 0.261 e. The Morgan fingerprint density at radius 3 is 2.47 bits per heavy atom. The molecule has 0 fully saturated rings. The highest BCUT2D eigenvalue weighted by atomic mass is 16.5. The van der Waals surface area contributed by atoms with E-state index in [0.717, 1.165) is 12.1 Å². The molecule has 4 heteroatoms. The Balaban J connectivity index is 2.18. The Kier molecular flexibility index (Phi) is 4.00. The molecular formula is C15H18N2O2. The van der Waals surface area contributed by atoms with Crippen LogP contribution in [0.4, 0.5) is 5.69 Å². The first-order chi connectivity index (χ1) is 9.15. The van der Waals surface area contributed by atoms with Crippen molar-refractivity contribution >= 4 is 11.6 Å². The summed E-state index contributed by atoms with van der Waals surface area (Å²) in [6, 6.07) is 7.84. The van der Waals surface area contributed by atoms with Crippen LogP contribution in [0.1, 0.15) is 41.2 Å². The smallest absolute Gasteiger partial charge is 0.261 e. The fourth-order valence-corrected chi connectivity index (χ4v) is 1.97. The van der Waals surface area contributed by atoms with Gasteiger partial charge in [-0.15, -0.1) is 0 Å².